The van der Waals surface area contributed by atoms with E-state index in [9.17, 15) is 4.79 Å². The van der Waals surface area contributed by atoms with E-state index in [0.29, 0.717) is 6.54 Å². The molecule has 0 aliphatic carbocycles. The van der Waals surface area contributed by atoms with Crippen LogP contribution in [0, 0.1) is 18.8 Å². The SMILES string of the molecule is Cc1cc(C#CCN)ccc1NC(=O)COC(C)C. The molecule has 4 nitrogen and oxygen atoms in total. The Morgan fingerprint density at radius 1 is 1.47 bits per heavy atom. The molecule has 0 saturated carbocycles. The van der Waals surface area contributed by atoms with Crippen molar-refractivity contribution in [1.82, 2.24) is 0 Å². The monoisotopic (exact) mass is 260 g/mol. The van der Waals surface area contributed by atoms with Crippen molar-refractivity contribution >= 4 is 11.6 Å². The first-order chi connectivity index (χ1) is 9.02. The number of anilines is 1. The minimum atomic E-state index is -0.155. The third kappa shape index (κ3) is 5.56. The van der Waals surface area contributed by atoms with Crippen LogP contribution < -0.4 is 11.1 Å². The Kier molecular flexibility index (Phi) is 6.07. The van der Waals surface area contributed by atoms with E-state index in [4.69, 9.17) is 10.5 Å². The summed E-state index contributed by atoms with van der Waals surface area (Å²) in [6, 6.07) is 5.61. The first-order valence-electron chi connectivity index (χ1n) is 6.24. The number of aryl methyl sites for hydroxylation is 1. The molecule has 0 aliphatic heterocycles. The zero-order chi connectivity index (χ0) is 14.3. The number of hydrogen-bond acceptors (Lipinski definition) is 3. The summed E-state index contributed by atoms with van der Waals surface area (Å²) in [5, 5.41) is 2.81. The molecule has 19 heavy (non-hydrogen) atoms. The van der Waals surface area contributed by atoms with Crippen molar-refractivity contribution in [2.24, 2.45) is 5.73 Å². The van der Waals surface area contributed by atoms with E-state index in [1.165, 1.54) is 0 Å². The number of benzene rings is 1. The lowest BCUT2D eigenvalue weighted by Crippen LogP contribution is -2.21. The summed E-state index contributed by atoms with van der Waals surface area (Å²) in [5.74, 6) is 5.59. The van der Waals surface area contributed by atoms with Crippen LogP contribution >= 0.6 is 0 Å². The van der Waals surface area contributed by atoms with Gasteiger partial charge in [-0.25, -0.2) is 0 Å². The molecule has 0 aliphatic rings. The Bertz CT molecular complexity index is 499. The molecule has 1 aromatic carbocycles. The molecule has 0 saturated heterocycles. The smallest absolute Gasteiger partial charge is 0.250 e. The highest BCUT2D eigenvalue weighted by Gasteiger charge is 2.06. The third-order valence-corrected chi connectivity index (χ3v) is 2.38. The van der Waals surface area contributed by atoms with E-state index in [1.807, 2.05) is 39.0 Å². The Morgan fingerprint density at radius 3 is 2.79 bits per heavy atom. The summed E-state index contributed by atoms with van der Waals surface area (Å²) in [6.45, 7) is 6.11. The van der Waals surface area contributed by atoms with E-state index in [0.717, 1.165) is 16.8 Å². The van der Waals surface area contributed by atoms with Gasteiger partial charge in [0.05, 0.1) is 12.6 Å². The van der Waals surface area contributed by atoms with Crippen molar-refractivity contribution in [3.63, 3.8) is 0 Å². The molecular weight excluding hydrogens is 240 g/mol. The number of nitrogens with two attached hydrogens (primary N) is 1. The van der Waals surface area contributed by atoms with E-state index in [2.05, 4.69) is 17.2 Å². The van der Waals surface area contributed by atoms with Gasteiger partial charge in [0.1, 0.15) is 6.61 Å². The standard InChI is InChI=1S/C15H20N2O2/c1-11(2)19-10-15(18)17-14-7-6-13(5-4-8-16)9-12(14)3/h6-7,9,11H,8,10,16H2,1-3H3,(H,17,18). The van der Waals surface area contributed by atoms with Gasteiger partial charge in [0.25, 0.3) is 0 Å². The minimum Gasteiger partial charge on any atom is -0.369 e. The summed E-state index contributed by atoms with van der Waals surface area (Å²) in [6.07, 6.45) is 0.0424. The molecule has 3 N–H and O–H groups in total. The molecule has 0 heterocycles. The van der Waals surface area contributed by atoms with Gasteiger partial charge in [-0.2, -0.15) is 0 Å². The number of nitrogens with one attached hydrogen (secondary N) is 1. The van der Waals surface area contributed by atoms with Gasteiger partial charge in [-0.3, -0.25) is 4.79 Å². The lowest BCUT2D eigenvalue weighted by molar-refractivity contribution is -0.121. The van der Waals surface area contributed by atoms with Crippen LogP contribution in [0.2, 0.25) is 0 Å². The summed E-state index contributed by atoms with van der Waals surface area (Å²) in [4.78, 5) is 11.6. The second kappa shape index (κ2) is 7.57. The molecule has 0 radical (unpaired) electrons. The van der Waals surface area contributed by atoms with Crippen LogP contribution in [0.1, 0.15) is 25.0 Å². The van der Waals surface area contributed by atoms with E-state index in [1.54, 1.807) is 0 Å². The van der Waals surface area contributed by atoms with Crippen molar-refractivity contribution in [1.29, 1.82) is 0 Å². The van der Waals surface area contributed by atoms with E-state index >= 15 is 0 Å². The molecule has 0 fully saturated rings. The molecule has 1 rings (SSSR count). The fourth-order valence-electron chi connectivity index (χ4n) is 1.46. The lowest BCUT2D eigenvalue weighted by atomic mass is 10.1. The molecule has 102 valence electrons. The highest BCUT2D eigenvalue weighted by Crippen LogP contribution is 2.16. The number of carbonyl (C=O) groups is 1. The minimum absolute atomic E-state index is 0.0424. The molecule has 0 bridgehead atoms. The molecule has 1 aromatic rings. The number of carbonyl (C=O) groups excluding carboxylic acids is 1. The predicted octanol–water partition coefficient (Wildman–Crippen LogP) is 1.67. The maximum absolute atomic E-state index is 11.6. The van der Waals surface area contributed by atoms with Crippen LogP contribution in [0.3, 0.4) is 0 Å². The summed E-state index contributed by atoms with van der Waals surface area (Å²) in [7, 11) is 0. The van der Waals surface area contributed by atoms with Gasteiger partial charge in [0.2, 0.25) is 5.91 Å². The zero-order valence-electron chi connectivity index (χ0n) is 11.6. The Morgan fingerprint density at radius 2 is 2.21 bits per heavy atom. The predicted molar refractivity (Wildman–Crippen MR) is 76.8 cm³/mol. The van der Waals surface area contributed by atoms with Gasteiger partial charge in [0, 0.05) is 11.3 Å². The average molecular weight is 260 g/mol. The number of ether oxygens (including phenoxy) is 1. The van der Waals surface area contributed by atoms with Crippen LogP contribution in [-0.4, -0.2) is 25.2 Å². The second-order valence-electron chi connectivity index (χ2n) is 4.44. The van der Waals surface area contributed by atoms with E-state index < -0.39 is 0 Å². The Hall–Kier alpha value is -1.83. The largest absolute Gasteiger partial charge is 0.369 e. The summed E-state index contributed by atoms with van der Waals surface area (Å²) in [5.41, 5.74) is 7.95. The number of amides is 1. The fourth-order valence-corrected chi connectivity index (χ4v) is 1.46. The topological polar surface area (TPSA) is 64.3 Å². The lowest BCUT2D eigenvalue weighted by Gasteiger charge is -2.10. The number of rotatable bonds is 4. The van der Waals surface area contributed by atoms with Gasteiger partial charge in [0.15, 0.2) is 0 Å². The van der Waals surface area contributed by atoms with Crippen LogP contribution in [0.25, 0.3) is 0 Å². The highest BCUT2D eigenvalue weighted by atomic mass is 16.5. The Balaban J connectivity index is 2.67. The average Bonchev–Trinajstić information content (AvgIpc) is 2.37. The van der Waals surface area contributed by atoms with Crippen molar-refractivity contribution in [2.45, 2.75) is 26.9 Å². The summed E-state index contributed by atoms with van der Waals surface area (Å²) >= 11 is 0. The normalized spacial score (nSPS) is 9.95. The number of hydrogen-bond donors (Lipinski definition) is 2. The first kappa shape index (κ1) is 15.2. The Labute approximate surface area is 114 Å². The van der Waals surface area contributed by atoms with Crippen LogP contribution in [0.15, 0.2) is 18.2 Å². The molecular formula is C15H20N2O2. The third-order valence-electron chi connectivity index (χ3n) is 2.38. The second-order valence-corrected chi connectivity index (χ2v) is 4.44. The van der Waals surface area contributed by atoms with Crippen molar-refractivity contribution in [2.75, 3.05) is 18.5 Å². The van der Waals surface area contributed by atoms with Crippen LogP contribution in [0.5, 0.6) is 0 Å². The van der Waals surface area contributed by atoms with Gasteiger partial charge < -0.3 is 15.8 Å². The van der Waals surface area contributed by atoms with Gasteiger partial charge in [-0.15, -0.1) is 0 Å². The van der Waals surface area contributed by atoms with Gasteiger partial charge >= 0.3 is 0 Å². The van der Waals surface area contributed by atoms with Crippen molar-refractivity contribution in [3.8, 4) is 11.8 Å². The fraction of sp³-hybridized carbons (Fsp3) is 0.400. The van der Waals surface area contributed by atoms with Gasteiger partial charge in [-0.1, -0.05) is 11.8 Å². The van der Waals surface area contributed by atoms with Crippen LogP contribution in [0.4, 0.5) is 5.69 Å². The quantitative estimate of drug-likeness (QED) is 0.809. The van der Waals surface area contributed by atoms with Crippen molar-refractivity contribution < 1.29 is 9.53 Å². The van der Waals surface area contributed by atoms with Crippen molar-refractivity contribution in [3.05, 3.63) is 29.3 Å². The van der Waals surface area contributed by atoms with E-state index in [-0.39, 0.29) is 18.6 Å². The first-order valence-corrected chi connectivity index (χ1v) is 6.24. The maximum atomic E-state index is 11.6. The summed E-state index contributed by atoms with van der Waals surface area (Å²) < 4.78 is 5.24. The molecule has 0 spiro atoms. The van der Waals surface area contributed by atoms with Crippen LogP contribution in [-0.2, 0) is 9.53 Å². The molecule has 0 atom stereocenters. The maximum Gasteiger partial charge on any atom is 0.250 e. The highest BCUT2D eigenvalue weighted by molar-refractivity contribution is 5.92. The zero-order valence-corrected chi connectivity index (χ0v) is 11.6. The molecule has 0 aromatic heterocycles. The molecule has 4 heteroatoms. The van der Waals surface area contributed by atoms with Gasteiger partial charge in [-0.05, 0) is 44.5 Å². The molecule has 1 amide bonds. The molecule has 0 unspecified atom stereocenters.